The van der Waals surface area contributed by atoms with Crippen molar-refractivity contribution in [3.63, 3.8) is 0 Å². The molecule has 1 aromatic carbocycles. The highest BCUT2D eigenvalue weighted by molar-refractivity contribution is 5.31. The van der Waals surface area contributed by atoms with Crippen LogP contribution < -0.4 is 0 Å². The molecule has 0 saturated heterocycles. The van der Waals surface area contributed by atoms with Crippen LogP contribution in [0.15, 0.2) is 18.2 Å². The van der Waals surface area contributed by atoms with Crippen molar-refractivity contribution in [3.05, 3.63) is 34.9 Å². The van der Waals surface area contributed by atoms with Crippen LogP contribution in [0.4, 0.5) is 0 Å². The van der Waals surface area contributed by atoms with E-state index < -0.39 is 0 Å². The molecule has 18 heavy (non-hydrogen) atoms. The number of rotatable bonds is 2. The van der Waals surface area contributed by atoms with E-state index in [9.17, 15) is 5.26 Å². The molecule has 2 fully saturated rings. The summed E-state index contributed by atoms with van der Waals surface area (Å²) in [5.41, 5.74) is 3.95. The van der Waals surface area contributed by atoms with Crippen molar-refractivity contribution in [1.29, 1.82) is 5.26 Å². The van der Waals surface area contributed by atoms with Crippen LogP contribution >= 0.6 is 0 Å². The molecule has 0 spiro atoms. The van der Waals surface area contributed by atoms with Gasteiger partial charge in [-0.25, -0.2) is 0 Å². The Bertz CT molecular complexity index is 491. The monoisotopic (exact) mass is 239 g/mol. The Kier molecular flexibility index (Phi) is 2.70. The van der Waals surface area contributed by atoms with Gasteiger partial charge in [-0.2, -0.15) is 5.26 Å². The molecule has 2 bridgehead atoms. The van der Waals surface area contributed by atoms with Crippen LogP contribution in [0.3, 0.4) is 0 Å². The lowest BCUT2D eigenvalue weighted by Crippen LogP contribution is -2.28. The van der Waals surface area contributed by atoms with Gasteiger partial charge < -0.3 is 0 Å². The summed E-state index contributed by atoms with van der Waals surface area (Å²) in [6.45, 7) is 4.30. The second kappa shape index (κ2) is 4.12. The van der Waals surface area contributed by atoms with Gasteiger partial charge in [0.25, 0.3) is 0 Å². The van der Waals surface area contributed by atoms with E-state index >= 15 is 0 Å². The van der Waals surface area contributed by atoms with Crippen molar-refractivity contribution in [1.82, 2.24) is 0 Å². The zero-order chi connectivity index (χ0) is 12.8. The normalized spacial score (nSPS) is 33.6. The summed E-state index contributed by atoms with van der Waals surface area (Å²) in [7, 11) is 0. The number of hydrogen-bond donors (Lipinski definition) is 0. The Morgan fingerprint density at radius 2 is 1.94 bits per heavy atom. The van der Waals surface area contributed by atoms with E-state index in [4.69, 9.17) is 0 Å². The Hall–Kier alpha value is -1.29. The molecule has 0 N–H and O–H groups in total. The van der Waals surface area contributed by atoms with Gasteiger partial charge >= 0.3 is 0 Å². The predicted molar refractivity (Wildman–Crippen MR) is 73.1 cm³/mol. The van der Waals surface area contributed by atoms with E-state index in [0.717, 1.165) is 18.8 Å². The zero-order valence-corrected chi connectivity index (χ0v) is 11.4. The Labute approximate surface area is 110 Å². The van der Waals surface area contributed by atoms with E-state index in [1.807, 2.05) is 0 Å². The highest BCUT2D eigenvalue weighted by atomic mass is 14.6. The minimum absolute atomic E-state index is 0.0524. The number of aryl methyl sites for hydroxylation is 2. The number of benzene rings is 1. The minimum atomic E-state index is -0.0524. The number of hydrogen-bond acceptors (Lipinski definition) is 1. The molecular formula is C17H21N. The summed E-state index contributed by atoms with van der Waals surface area (Å²) >= 11 is 0. The Morgan fingerprint density at radius 1 is 1.22 bits per heavy atom. The smallest absolute Gasteiger partial charge is 0.0696 e. The van der Waals surface area contributed by atoms with Crippen molar-refractivity contribution in [3.8, 4) is 6.07 Å². The van der Waals surface area contributed by atoms with Crippen molar-refractivity contribution in [2.24, 2.45) is 17.3 Å². The third-order valence-electron chi connectivity index (χ3n) is 5.00. The summed E-state index contributed by atoms with van der Waals surface area (Å²) < 4.78 is 0. The summed E-state index contributed by atoms with van der Waals surface area (Å²) in [5.74, 6) is 1.49. The topological polar surface area (TPSA) is 23.8 Å². The van der Waals surface area contributed by atoms with Crippen LogP contribution in [0.5, 0.6) is 0 Å². The maximum Gasteiger partial charge on any atom is 0.0696 e. The molecule has 0 aromatic heterocycles. The second-order valence-corrected chi connectivity index (χ2v) is 6.52. The minimum Gasteiger partial charge on any atom is -0.198 e. The first-order chi connectivity index (χ1) is 8.61. The SMILES string of the molecule is Cc1cc(C)cc(CC2(C#N)CC3CCC2C3)c1. The molecular weight excluding hydrogens is 218 g/mol. The molecule has 3 rings (SSSR count). The fraction of sp³-hybridized carbons (Fsp3) is 0.588. The summed E-state index contributed by atoms with van der Waals surface area (Å²) in [5, 5.41) is 9.69. The number of nitriles is 1. The van der Waals surface area contributed by atoms with Gasteiger partial charge in [-0.05, 0) is 56.9 Å². The van der Waals surface area contributed by atoms with Crippen molar-refractivity contribution in [2.75, 3.05) is 0 Å². The summed E-state index contributed by atoms with van der Waals surface area (Å²) in [6, 6.07) is 9.43. The van der Waals surface area contributed by atoms with Crippen LogP contribution in [0.2, 0.25) is 0 Å². The van der Waals surface area contributed by atoms with Gasteiger partial charge in [-0.15, -0.1) is 0 Å². The first kappa shape index (κ1) is 11.8. The maximum atomic E-state index is 9.69. The van der Waals surface area contributed by atoms with Crippen LogP contribution in [-0.4, -0.2) is 0 Å². The number of fused-ring (bicyclic) bond motifs is 2. The molecule has 0 radical (unpaired) electrons. The average Bonchev–Trinajstić information content (AvgIpc) is 2.88. The zero-order valence-electron chi connectivity index (χ0n) is 11.4. The van der Waals surface area contributed by atoms with Gasteiger partial charge in [-0.3, -0.25) is 0 Å². The Balaban J connectivity index is 1.89. The first-order valence-electron chi connectivity index (χ1n) is 7.10. The van der Waals surface area contributed by atoms with E-state index in [0.29, 0.717) is 5.92 Å². The van der Waals surface area contributed by atoms with Gasteiger partial charge in [0.05, 0.1) is 11.5 Å². The van der Waals surface area contributed by atoms with Crippen LogP contribution in [0, 0.1) is 42.4 Å². The molecule has 1 nitrogen and oxygen atoms in total. The molecule has 0 aliphatic heterocycles. The predicted octanol–water partition coefficient (Wildman–Crippen LogP) is 4.18. The van der Waals surface area contributed by atoms with Crippen LogP contribution in [0.25, 0.3) is 0 Å². The van der Waals surface area contributed by atoms with E-state index in [1.54, 1.807) is 0 Å². The molecule has 0 amide bonds. The standard InChI is InChI=1S/C17H21N/c1-12-5-13(2)7-15(6-12)10-17(11-18)9-14-3-4-16(17)8-14/h5-7,14,16H,3-4,8-10H2,1-2H3. The molecule has 94 valence electrons. The highest BCUT2D eigenvalue weighted by Gasteiger charge is 2.51. The third kappa shape index (κ3) is 1.85. The molecule has 3 atom stereocenters. The largest absolute Gasteiger partial charge is 0.198 e. The van der Waals surface area contributed by atoms with Crippen molar-refractivity contribution < 1.29 is 0 Å². The lowest BCUT2D eigenvalue weighted by Gasteiger charge is -2.31. The van der Waals surface area contributed by atoms with Gasteiger partial charge in [-0.1, -0.05) is 35.7 Å². The molecule has 0 heterocycles. The molecule has 3 unspecified atom stereocenters. The number of nitrogens with zero attached hydrogens (tertiary/aromatic N) is 1. The molecule has 2 aliphatic carbocycles. The summed E-state index contributed by atoms with van der Waals surface area (Å²) in [4.78, 5) is 0. The quantitative estimate of drug-likeness (QED) is 0.759. The maximum absolute atomic E-state index is 9.69. The van der Waals surface area contributed by atoms with Crippen molar-refractivity contribution >= 4 is 0 Å². The van der Waals surface area contributed by atoms with E-state index in [1.165, 1.54) is 36.0 Å². The van der Waals surface area contributed by atoms with Gasteiger partial charge in [0.1, 0.15) is 0 Å². The lowest BCUT2D eigenvalue weighted by atomic mass is 9.70. The van der Waals surface area contributed by atoms with E-state index in [2.05, 4.69) is 38.1 Å². The first-order valence-corrected chi connectivity index (χ1v) is 7.10. The molecule has 2 saturated carbocycles. The van der Waals surface area contributed by atoms with Gasteiger partial charge in [0, 0.05) is 0 Å². The van der Waals surface area contributed by atoms with Gasteiger partial charge in [0.2, 0.25) is 0 Å². The summed E-state index contributed by atoms with van der Waals surface area (Å²) in [6.07, 6.45) is 6.05. The average molecular weight is 239 g/mol. The van der Waals surface area contributed by atoms with Crippen LogP contribution in [-0.2, 0) is 6.42 Å². The lowest BCUT2D eigenvalue weighted by molar-refractivity contribution is 0.239. The van der Waals surface area contributed by atoms with Crippen molar-refractivity contribution in [2.45, 2.75) is 46.0 Å². The fourth-order valence-electron chi connectivity index (χ4n) is 4.37. The van der Waals surface area contributed by atoms with E-state index in [-0.39, 0.29) is 5.41 Å². The van der Waals surface area contributed by atoms with Crippen LogP contribution in [0.1, 0.15) is 42.4 Å². The highest BCUT2D eigenvalue weighted by Crippen LogP contribution is 2.57. The second-order valence-electron chi connectivity index (χ2n) is 6.52. The fourth-order valence-corrected chi connectivity index (χ4v) is 4.37. The van der Waals surface area contributed by atoms with Gasteiger partial charge in [0.15, 0.2) is 0 Å². The third-order valence-corrected chi connectivity index (χ3v) is 5.00. The Morgan fingerprint density at radius 3 is 2.44 bits per heavy atom. The molecule has 1 aromatic rings. The molecule has 2 aliphatic rings. The molecule has 1 heteroatoms.